The molecule has 3 rings (SSSR count). The van der Waals surface area contributed by atoms with E-state index in [2.05, 4.69) is 17.2 Å². The molecule has 0 radical (unpaired) electrons. The second-order valence-corrected chi connectivity index (χ2v) is 6.66. The van der Waals surface area contributed by atoms with Crippen molar-refractivity contribution in [2.24, 2.45) is 11.8 Å². The molecule has 0 saturated heterocycles. The molecule has 110 valence electrons. The first-order valence-electron chi connectivity index (χ1n) is 7.01. The first-order chi connectivity index (χ1) is 10.1. The Bertz CT molecular complexity index is 663. The van der Waals surface area contributed by atoms with Crippen LogP contribution in [-0.4, -0.2) is 18.0 Å². The number of carbonyl (C=O) groups excluding carboxylic acids is 1. The van der Waals surface area contributed by atoms with Gasteiger partial charge in [-0.3, -0.25) is 4.79 Å². The Morgan fingerprint density at radius 1 is 1.38 bits per heavy atom. The standard InChI is InChI=1S/C16H18N2O2S/c1-9-8-13(9)15(19)18-16-17-14(10(2)21-16)11-4-6-12(20-3)7-5-11/h4-7,9,13H,8H2,1-3H3,(H,17,18,19). The molecule has 0 spiro atoms. The predicted octanol–water partition coefficient (Wildman–Crippen LogP) is 3.72. The number of thiazole rings is 1. The van der Waals surface area contributed by atoms with Crippen LogP contribution >= 0.6 is 11.3 Å². The Morgan fingerprint density at radius 2 is 2.05 bits per heavy atom. The van der Waals surface area contributed by atoms with Crippen LogP contribution < -0.4 is 10.1 Å². The number of ether oxygens (including phenoxy) is 1. The minimum Gasteiger partial charge on any atom is -0.497 e. The van der Waals surface area contributed by atoms with Crippen molar-refractivity contribution >= 4 is 22.4 Å². The molecule has 1 N–H and O–H groups in total. The molecule has 2 atom stereocenters. The SMILES string of the molecule is COc1ccc(-c2nc(NC(=O)C3CC3C)sc2C)cc1. The zero-order valence-corrected chi connectivity index (χ0v) is 13.2. The number of carbonyl (C=O) groups is 1. The normalized spacial score (nSPS) is 20.1. The Kier molecular flexibility index (Phi) is 3.68. The molecule has 0 bridgehead atoms. The molecule has 1 saturated carbocycles. The van der Waals surface area contributed by atoms with E-state index in [1.54, 1.807) is 7.11 Å². The summed E-state index contributed by atoms with van der Waals surface area (Å²) in [5.74, 6) is 1.59. The fraction of sp³-hybridized carbons (Fsp3) is 0.375. The van der Waals surface area contributed by atoms with Crippen molar-refractivity contribution in [3.63, 3.8) is 0 Å². The fourth-order valence-electron chi connectivity index (χ4n) is 2.35. The zero-order chi connectivity index (χ0) is 15.0. The van der Waals surface area contributed by atoms with Crippen molar-refractivity contribution in [2.75, 3.05) is 12.4 Å². The fourth-order valence-corrected chi connectivity index (χ4v) is 3.19. The average Bonchev–Trinajstić information content (AvgIpc) is 3.11. The molecule has 1 aliphatic carbocycles. The van der Waals surface area contributed by atoms with Crippen molar-refractivity contribution in [1.29, 1.82) is 0 Å². The zero-order valence-electron chi connectivity index (χ0n) is 12.3. The van der Waals surface area contributed by atoms with Crippen LogP contribution in [0, 0.1) is 18.8 Å². The monoisotopic (exact) mass is 302 g/mol. The summed E-state index contributed by atoms with van der Waals surface area (Å²) in [6.07, 6.45) is 0.988. The summed E-state index contributed by atoms with van der Waals surface area (Å²) >= 11 is 1.52. The highest BCUT2D eigenvalue weighted by Crippen LogP contribution is 2.39. The van der Waals surface area contributed by atoms with E-state index in [4.69, 9.17) is 4.74 Å². The number of aryl methyl sites for hydroxylation is 1. The van der Waals surface area contributed by atoms with Crippen LogP contribution in [-0.2, 0) is 4.79 Å². The third-order valence-electron chi connectivity index (χ3n) is 3.84. The Hall–Kier alpha value is -1.88. The Morgan fingerprint density at radius 3 is 2.62 bits per heavy atom. The van der Waals surface area contributed by atoms with Gasteiger partial charge in [-0.2, -0.15) is 0 Å². The molecular formula is C16H18N2O2S. The highest BCUT2D eigenvalue weighted by Gasteiger charge is 2.39. The van der Waals surface area contributed by atoms with Gasteiger partial charge < -0.3 is 10.1 Å². The van der Waals surface area contributed by atoms with E-state index in [-0.39, 0.29) is 11.8 Å². The quantitative estimate of drug-likeness (QED) is 0.936. The van der Waals surface area contributed by atoms with Crippen LogP contribution in [0.5, 0.6) is 5.75 Å². The lowest BCUT2D eigenvalue weighted by atomic mass is 10.1. The van der Waals surface area contributed by atoms with Crippen molar-refractivity contribution < 1.29 is 9.53 Å². The number of amides is 1. The minimum absolute atomic E-state index is 0.0949. The lowest BCUT2D eigenvalue weighted by Gasteiger charge is -2.02. The first-order valence-corrected chi connectivity index (χ1v) is 7.83. The van der Waals surface area contributed by atoms with Gasteiger partial charge in [0, 0.05) is 16.4 Å². The molecule has 0 aliphatic heterocycles. The highest BCUT2D eigenvalue weighted by atomic mass is 32.1. The van der Waals surface area contributed by atoms with Crippen molar-refractivity contribution in [3.05, 3.63) is 29.1 Å². The van der Waals surface area contributed by atoms with Crippen LogP contribution in [0.1, 0.15) is 18.2 Å². The maximum absolute atomic E-state index is 12.0. The summed E-state index contributed by atoms with van der Waals surface area (Å²) in [6, 6.07) is 7.79. The summed E-state index contributed by atoms with van der Waals surface area (Å²) in [6.45, 7) is 4.12. The lowest BCUT2D eigenvalue weighted by molar-refractivity contribution is -0.117. The number of hydrogen-bond acceptors (Lipinski definition) is 4. The van der Waals surface area contributed by atoms with E-state index in [1.165, 1.54) is 11.3 Å². The van der Waals surface area contributed by atoms with E-state index in [9.17, 15) is 4.79 Å². The maximum Gasteiger partial charge on any atom is 0.229 e. The minimum atomic E-state index is 0.0949. The van der Waals surface area contributed by atoms with Crippen molar-refractivity contribution in [3.8, 4) is 17.0 Å². The number of hydrogen-bond donors (Lipinski definition) is 1. The summed E-state index contributed by atoms with van der Waals surface area (Å²) in [4.78, 5) is 17.6. The molecule has 1 aromatic carbocycles. The van der Waals surface area contributed by atoms with Gasteiger partial charge in [0.15, 0.2) is 5.13 Å². The van der Waals surface area contributed by atoms with Gasteiger partial charge >= 0.3 is 0 Å². The summed E-state index contributed by atoms with van der Waals surface area (Å²) in [7, 11) is 1.65. The second kappa shape index (κ2) is 5.48. The lowest BCUT2D eigenvalue weighted by Crippen LogP contribution is -2.14. The highest BCUT2D eigenvalue weighted by molar-refractivity contribution is 7.16. The number of rotatable bonds is 4. The summed E-state index contributed by atoms with van der Waals surface area (Å²) < 4.78 is 5.16. The van der Waals surface area contributed by atoms with Crippen LogP contribution in [0.3, 0.4) is 0 Å². The molecule has 1 aromatic heterocycles. The van der Waals surface area contributed by atoms with Gasteiger partial charge in [0.05, 0.1) is 12.8 Å². The molecule has 2 unspecified atom stereocenters. The van der Waals surface area contributed by atoms with Gasteiger partial charge in [-0.05, 0) is 43.5 Å². The molecule has 1 aliphatic rings. The molecule has 2 aromatic rings. The van der Waals surface area contributed by atoms with Crippen LogP contribution in [0.2, 0.25) is 0 Å². The molecule has 4 nitrogen and oxygen atoms in total. The Balaban J connectivity index is 1.78. The average molecular weight is 302 g/mol. The van der Waals surface area contributed by atoms with Gasteiger partial charge in [0.2, 0.25) is 5.91 Å². The van der Waals surface area contributed by atoms with Gasteiger partial charge in [-0.15, -0.1) is 11.3 Å². The van der Waals surface area contributed by atoms with Gasteiger partial charge in [0.1, 0.15) is 5.75 Å². The van der Waals surface area contributed by atoms with E-state index >= 15 is 0 Å². The van der Waals surface area contributed by atoms with Gasteiger partial charge in [-0.1, -0.05) is 6.92 Å². The van der Waals surface area contributed by atoms with E-state index in [0.717, 1.165) is 28.3 Å². The van der Waals surface area contributed by atoms with Crippen LogP contribution in [0.15, 0.2) is 24.3 Å². The third kappa shape index (κ3) is 2.93. The molecule has 21 heavy (non-hydrogen) atoms. The van der Waals surface area contributed by atoms with Gasteiger partial charge in [0.25, 0.3) is 0 Å². The van der Waals surface area contributed by atoms with E-state index < -0.39 is 0 Å². The molecule has 1 fully saturated rings. The largest absolute Gasteiger partial charge is 0.497 e. The number of benzene rings is 1. The van der Waals surface area contributed by atoms with Crippen molar-refractivity contribution in [1.82, 2.24) is 4.98 Å². The first kappa shape index (κ1) is 14.1. The number of nitrogens with one attached hydrogen (secondary N) is 1. The van der Waals surface area contributed by atoms with E-state index in [1.807, 2.05) is 31.2 Å². The molecular weight excluding hydrogens is 284 g/mol. The number of nitrogens with zero attached hydrogens (tertiary/aromatic N) is 1. The predicted molar refractivity (Wildman–Crippen MR) is 84.7 cm³/mol. The summed E-state index contributed by atoms with van der Waals surface area (Å²) in [5, 5.41) is 3.61. The topological polar surface area (TPSA) is 51.2 Å². The van der Waals surface area contributed by atoms with E-state index in [0.29, 0.717) is 11.0 Å². The molecule has 1 heterocycles. The third-order valence-corrected chi connectivity index (χ3v) is 4.72. The van der Waals surface area contributed by atoms with Gasteiger partial charge in [-0.25, -0.2) is 4.98 Å². The maximum atomic E-state index is 12.0. The smallest absolute Gasteiger partial charge is 0.229 e. The number of anilines is 1. The van der Waals surface area contributed by atoms with Crippen LogP contribution in [0.4, 0.5) is 5.13 Å². The molecule has 5 heteroatoms. The number of aromatic nitrogens is 1. The second-order valence-electron chi connectivity index (χ2n) is 5.46. The van der Waals surface area contributed by atoms with Crippen LogP contribution in [0.25, 0.3) is 11.3 Å². The molecule has 1 amide bonds. The Labute approximate surface area is 128 Å². The summed E-state index contributed by atoms with van der Waals surface area (Å²) in [5.41, 5.74) is 1.95. The number of methoxy groups -OCH3 is 1. The van der Waals surface area contributed by atoms with Crippen molar-refractivity contribution in [2.45, 2.75) is 20.3 Å².